The van der Waals surface area contributed by atoms with Crippen LogP contribution in [0.2, 0.25) is 0 Å². The van der Waals surface area contributed by atoms with Gasteiger partial charge in [0, 0.05) is 19.2 Å². The first-order valence-electron chi connectivity index (χ1n) is 9.09. The number of halogens is 3. The molecule has 3 aromatic rings. The molecule has 1 saturated heterocycles. The van der Waals surface area contributed by atoms with Gasteiger partial charge in [-0.25, -0.2) is 14.8 Å². The van der Waals surface area contributed by atoms with Crippen LogP contribution in [0.4, 0.5) is 18.0 Å². The lowest BCUT2D eigenvalue weighted by Gasteiger charge is -2.12. The van der Waals surface area contributed by atoms with E-state index in [0.29, 0.717) is 23.8 Å². The number of ether oxygens (including phenoxy) is 1. The Morgan fingerprint density at radius 2 is 2.03 bits per heavy atom. The van der Waals surface area contributed by atoms with E-state index in [1.165, 1.54) is 17.8 Å². The van der Waals surface area contributed by atoms with E-state index < -0.39 is 17.5 Å². The number of benzene rings is 1. The third-order valence-corrected chi connectivity index (χ3v) is 4.47. The number of cyclic esters (lactones) is 1. The number of nitrogens with zero attached hydrogens (tertiary/aromatic N) is 5. The first kappa shape index (κ1) is 21.3. The molecule has 11 heteroatoms. The van der Waals surface area contributed by atoms with Crippen molar-refractivity contribution < 1.29 is 27.8 Å². The van der Waals surface area contributed by atoms with Crippen molar-refractivity contribution in [2.75, 3.05) is 19.7 Å². The summed E-state index contributed by atoms with van der Waals surface area (Å²) in [5.41, 5.74) is 0.770. The predicted molar refractivity (Wildman–Crippen MR) is 102 cm³/mol. The monoisotopic (exact) mass is 423 g/mol. The minimum atomic E-state index is -4.52. The summed E-state index contributed by atoms with van der Waals surface area (Å²) < 4.78 is 44.4. The van der Waals surface area contributed by atoms with Crippen LogP contribution in [0.15, 0.2) is 24.5 Å². The average molecular weight is 423 g/mol. The van der Waals surface area contributed by atoms with Crippen LogP contribution in [0.25, 0.3) is 22.4 Å². The molecule has 1 aliphatic rings. The van der Waals surface area contributed by atoms with Crippen LogP contribution in [-0.4, -0.2) is 55.5 Å². The molecule has 1 N–H and O–H groups in total. The van der Waals surface area contributed by atoms with Crippen molar-refractivity contribution in [3.63, 3.8) is 0 Å². The maximum Gasteiger partial charge on any atom is 0.416 e. The lowest BCUT2D eigenvalue weighted by molar-refractivity contribution is -0.137. The van der Waals surface area contributed by atoms with E-state index in [9.17, 15) is 23.1 Å². The number of amides is 1. The van der Waals surface area contributed by atoms with Gasteiger partial charge in [0.05, 0.1) is 30.2 Å². The molecule has 0 radical (unpaired) electrons. The van der Waals surface area contributed by atoms with Crippen LogP contribution in [-0.2, 0) is 18.0 Å². The van der Waals surface area contributed by atoms with Gasteiger partial charge in [-0.05, 0) is 31.5 Å². The second-order valence-electron chi connectivity index (χ2n) is 6.65. The van der Waals surface area contributed by atoms with Crippen LogP contribution < -0.4 is 0 Å². The maximum absolute atomic E-state index is 12.7. The largest absolute Gasteiger partial charge is 0.507 e. The molecule has 160 valence electrons. The van der Waals surface area contributed by atoms with Crippen molar-refractivity contribution in [2.24, 2.45) is 7.05 Å². The highest BCUT2D eigenvalue weighted by Crippen LogP contribution is 2.38. The third kappa shape index (κ3) is 4.44. The van der Waals surface area contributed by atoms with E-state index >= 15 is 0 Å². The van der Waals surface area contributed by atoms with Crippen molar-refractivity contribution in [1.82, 2.24) is 24.6 Å². The Hall–Kier alpha value is -3.37. The fourth-order valence-electron chi connectivity index (χ4n) is 3.01. The van der Waals surface area contributed by atoms with Crippen LogP contribution >= 0.6 is 0 Å². The lowest BCUT2D eigenvalue weighted by atomic mass is 10.0. The Labute approximate surface area is 169 Å². The van der Waals surface area contributed by atoms with E-state index in [-0.39, 0.29) is 22.9 Å². The fourth-order valence-corrected chi connectivity index (χ4v) is 3.01. The normalized spacial score (nSPS) is 13.9. The molecule has 1 aliphatic heterocycles. The summed E-state index contributed by atoms with van der Waals surface area (Å²) in [6.45, 7) is 5.50. The Kier molecular flexibility index (Phi) is 5.81. The number of phenols is 1. The summed E-state index contributed by atoms with van der Waals surface area (Å²) in [6.07, 6.45) is -1.62. The summed E-state index contributed by atoms with van der Waals surface area (Å²) in [4.78, 5) is 20.6. The first-order chi connectivity index (χ1) is 14.1. The Morgan fingerprint density at radius 3 is 2.57 bits per heavy atom. The summed E-state index contributed by atoms with van der Waals surface area (Å²) in [6, 6.07) is 1.66. The van der Waals surface area contributed by atoms with E-state index in [1.807, 2.05) is 6.92 Å². The van der Waals surface area contributed by atoms with E-state index in [1.54, 1.807) is 18.1 Å². The molecule has 2 aromatic heterocycles. The van der Waals surface area contributed by atoms with Gasteiger partial charge in [-0.2, -0.15) is 18.3 Å². The smallest absolute Gasteiger partial charge is 0.416 e. The van der Waals surface area contributed by atoms with Crippen LogP contribution in [0.3, 0.4) is 0 Å². The number of aromatic hydroxyl groups is 1. The van der Waals surface area contributed by atoms with Gasteiger partial charge < -0.3 is 14.7 Å². The van der Waals surface area contributed by atoms with Gasteiger partial charge in [-0.3, -0.25) is 4.68 Å². The second-order valence-corrected chi connectivity index (χ2v) is 6.65. The summed E-state index contributed by atoms with van der Waals surface area (Å²) in [7, 11) is 1.71. The highest BCUT2D eigenvalue weighted by atomic mass is 19.4. The Balaban J connectivity index is 0.000000269. The van der Waals surface area contributed by atoms with Gasteiger partial charge in [0.2, 0.25) is 0 Å². The standard InChI is InChI=1S/C14H11F3N4O.C5H9NO2/c1-7-3-8(14(15,16)17)4-11(22)12(7)9-5-18-10-6-21(2)20-13(10)19-9;1-2-6-3-4-8-5(6)7/h3-6,22H,1-2H3;2-4H2,1H3. The molecule has 0 saturated carbocycles. The number of aryl methyl sites for hydroxylation is 2. The van der Waals surface area contributed by atoms with Crippen LogP contribution in [0, 0.1) is 6.92 Å². The molecule has 1 amide bonds. The molecule has 8 nitrogen and oxygen atoms in total. The average Bonchev–Trinajstić information content (AvgIpc) is 3.24. The molecular weight excluding hydrogens is 403 g/mol. The highest BCUT2D eigenvalue weighted by molar-refractivity contribution is 5.77. The second kappa shape index (κ2) is 8.17. The fraction of sp³-hybridized carbons (Fsp3) is 0.368. The van der Waals surface area contributed by atoms with E-state index in [4.69, 9.17) is 0 Å². The van der Waals surface area contributed by atoms with Gasteiger partial charge >= 0.3 is 12.3 Å². The number of hydrogen-bond donors (Lipinski definition) is 1. The van der Waals surface area contributed by atoms with Gasteiger partial charge in [-0.15, -0.1) is 0 Å². The van der Waals surface area contributed by atoms with E-state index in [0.717, 1.165) is 19.2 Å². The quantitative estimate of drug-likeness (QED) is 0.678. The number of carbonyl (C=O) groups is 1. The Morgan fingerprint density at radius 1 is 1.30 bits per heavy atom. The zero-order chi connectivity index (χ0) is 22.1. The lowest BCUT2D eigenvalue weighted by Crippen LogP contribution is -2.23. The predicted octanol–water partition coefficient (Wildman–Crippen LogP) is 3.52. The zero-order valence-electron chi connectivity index (χ0n) is 16.6. The molecule has 3 heterocycles. The third-order valence-electron chi connectivity index (χ3n) is 4.47. The Bertz CT molecular complexity index is 1060. The number of alkyl halides is 3. The van der Waals surface area contributed by atoms with E-state index in [2.05, 4.69) is 19.8 Å². The SMILES string of the molecule is CCN1CCOC1=O.Cc1cc(C(F)(F)F)cc(O)c1-c1cnc2cn(C)nc2n1. The van der Waals surface area contributed by atoms with Crippen LogP contribution in [0.1, 0.15) is 18.1 Å². The maximum atomic E-state index is 12.7. The minimum absolute atomic E-state index is 0.174. The number of carbonyl (C=O) groups excluding carboxylic acids is 1. The van der Waals surface area contributed by atoms with Crippen molar-refractivity contribution in [3.8, 4) is 17.0 Å². The van der Waals surface area contributed by atoms with Crippen molar-refractivity contribution in [1.29, 1.82) is 0 Å². The molecule has 0 atom stereocenters. The number of fused-ring (bicyclic) bond motifs is 1. The molecule has 0 bridgehead atoms. The molecule has 4 rings (SSSR count). The summed E-state index contributed by atoms with van der Waals surface area (Å²) in [5, 5.41) is 14.1. The van der Waals surface area contributed by atoms with Crippen molar-refractivity contribution >= 4 is 17.3 Å². The molecule has 1 aromatic carbocycles. The number of rotatable bonds is 2. The number of likely N-dealkylation sites (N-methyl/N-ethyl adjacent to an activating group) is 1. The number of phenolic OH excluding ortho intramolecular Hbond substituents is 1. The van der Waals surface area contributed by atoms with Gasteiger partial charge in [0.25, 0.3) is 0 Å². The number of hydrogen-bond acceptors (Lipinski definition) is 6. The topological polar surface area (TPSA) is 93.4 Å². The number of aromatic nitrogens is 4. The zero-order valence-corrected chi connectivity index (χ0v) is 16.6. The summed E-state index contributed by atoms with van der Waals surface area (Å²) in [5.74, 6) is -0.489. The molecule has 30 heavy (non-hydrogen) atoms. The highest BCUT2D eigenvalue weighted by Gasteiger charge is 2.32. The molecule has 1 fully saturated rings. The summed E-state index contributed by atoms with van der Waals surface area (Å²) >= 11 is 0. The molecular formula is C19H20F3N5O3. The van der Waals surface area contributed by atoms with Gasteiger partial charge in [0.15, 0.2) is 5.65 Å². The minimum Gasteiger partial charge on any atom is -0.507 e. The molecule has 0 spiro atoms. The first-order valence-corrected chi connectivity index (χ1v) is 9.09. The molecule has 0 aliphatic carbocycles. The van der Waals surface area contributed by atoms with Gasteiger partial charge in [0.1, 0.15) is 17.9 Å². The van der Waals surface area contributed by atoms with Gasteiger partial charge in [-0.1, -0.05) is 0 Å². The molecule has 0 unspecified atom stereocenters. The van der Waals surface area contributed by atoms with Crippen molar-refractivity contribution in [2.45, 2.75) is 20.0 Å². The van der Waals surface area contributed by atoms with Crippen molar-refractivity contribution in [3.05, 3.63) is 35.7 Å². The van der Waals surface area contributed by atoms with Crippen LogP contribution in [0.5, 0.6) is 5.75 Å².